The molecule has 0 atom stereocenters. The second kappa shape index (κ2) is 6.95. The zero-order valence-corrected chi connectivity index (χ0v) is 12.1. The maximum absolute atomic E-state index is 12.6. The second-order valence-electron chi connectivity index (χ2n) is 3.99. The van der Waals surface area contributed by atoms with Crippen molar-refractivity contribution in [3.05, 3.63) is 51.9 Å². The van der Waals surface area contributed by atoms with E-state index < -0.39 is 34.6 Å². The van der Waals surface area contributed by atoms with Crippen molar-refractivity contribution in [1.82, 2.24) is 9.78 Å². The van der Waals surface area contributed by atoms with E-state index in [9.17, 15) is 27.9 Å². The molecule has 124 valence electrons. The Kier molecular flexibility index (Phi) is 5.50. The third-order valence-corrected chi connectivity index (χ3v) is 2.54. The zero-order valence-electron chi connectivity index (χ0n) is 12.1. The van der Waals surface area contributed by atoms with Crippen LogP contribution < -0.4 is 5.43 Å². The molecule has 1 heterocycles. The number of aromatic hydroxyl groups is 1. The lowest BCUT2D eigenvalue weighted by Crippen LogP contribution is -2.21. The van der Waals surface area contributed by atoms with Crippen molar-refractivity contribution in [1.29, 1.82) is 0 Å². The summed E-state index contributed by atoms with van der Waals surface area (Å²) >= 11 is 0. The standard InChI is InChI=1S/C12H7F3N2O4.C2H6/c13-12(14,15)6-2-1-3-7(4-6)17-5-8(18)10(19)9(16-17)11(20)21;1-2/h1-5,18H,(H,20,21);1-2H3. The van der Waals surface area contributed by atoms with E-state index in [1.807, 2.05) is 13.8 Å². The van der Waals surface area contributed by atoms with Gasteiger partial charge < -0.3 is 10.2 Å². The molecule has 1 aromatic heterocycles. The van der Waals surface area contributed by atoms with Gasteiger partial charge in [-0.05, 0) is 18.2 Å². The molecule has 0 amide bonds. The first-order chi connectivity index (χ1) is 10.7. The van der Waals surface area contributed by atoms with Crippen molar-refractivity contribution < 1.29 is 28.2 Å². The molecule has 0 aliphatic rings. The van der Waals surface area contributed by atoms with Crippen molar-refractivity contribution in [2.75, 3.05) is 0 Å². The fourth-order valence-corrected chi connectivity index (χ4v) is 1.57. The minimum Gasteiger partial charge on any atom is -0.503 e. The van der Waals surface area contributed by atoms with Crippen LogP contribution in [0.2, 0.25) is 0 Å². The Bertz CT molecular complexity index is 769. The van der Waals surface area contributed by atoms with E-state index in [0.717, 1.165) is 18.3 Å². The summed E-state index contributed by atoms with van der Waals surface area (Å²) in [4.78, 5) is 22.2. The Hall–Kier alpha value is -2.84. The van der Waals surface area contributed by atoms with E-state index in [1.165, 1.54) is 6.07 Å². The number of halogens is 3. The molecular formula is C14H13F3N2O4. The van der Waals surface area contributed by atoms with E-state index in [4.69, 9.17) is 5.11 Å². The summed E-state index contributed by atoms with van der Waals surface area (Å²) in [7, 11) is 0. The Labute approximate surface area is 128 Å². The lowest BCUT2D eigenvalue weighted by molar-refractivity contribution is -0.137. The first-order valence-electron chi connectivity index (χ1n) is 6.44. The molecule has 0 fully saturated rings. The van der Waals surface area contributed by atoms with Crippen LogP contribution in [0.5, 0.6) is 5.75 Å². The summed E-state index contributed by atoms with van der Waals surface area (Å²) in [5.74, 6) is -2.63. The van der Waals surface area contributed by atoms with Gasteiger partial charge in [-0.25, -0.2) is 9.48 Å². The number of alkyl halides is 3. The second-order valence-corrected chi connectivity index (χ2v) is 3.99. The van der Waals surface area contributed by atoms with E-state index in [0.29, 0.717) is 10.7 Å². The minimum atomic E-state index is -4.59. The van der Waals surface area contributed by atoms with Gasteiger partial charge in [0.15, 0.2) is 5.75 Å². The number of carbonyl (C=O) groups is 1. The van der Waals surface area contributed by atoms with Gasteiger partial charge in [0.05, 0.1) is 17.4 Å². The van der Waals surface area contributed by atoms with Gasteiger partial charge in [0.1, 0.15) is 0 Å². The maximum atomic E-state index is 12.6. The van der Waals surface area contributed by atoms with E-state index >= 15 is 0 Å². The number of benzene rings is 1. The lowest BCUT2D eigenvalue weighted by Gasteiger charge is -2.10. The summed E-state index contributed by atoms with van der Waals surface area (Å²) in [5.41, 5.74) is -3.34. The van der Waals surface area contributed by atoms with Gasteiger partial charge in [0.25, 0.3) is 5.43 Å². The monoisotopic (exact) mass is 330 g/mol. The van der Waals surface area contributed by atoms with Crippen LogP contribution in [0.4, 0.5) is 13.2 Å². The first-order valence-corrected chi connectivity index (χ1v) is 6.44. The Morgan fingerprint density at radius 1 is 1.26 bits per heavy atom. The Balaban J connectivity index is 0.00000127. The molecule has 0 saturated heterocycles. The number of rotatable bonds is 2. The molecule has 1 aromatic carbocycles. The molecule has 23 heavy (non-hydrogen) atoms. The van der Waals surface area contributed by atoms with Gasteiger partial charge in [0, 0.05) is 0 Å². The van der Waals surface area contributed by atoms with E-state index in [1.54, 1.807) is 0 Å². The van der Waals surface area contributed by atoms with Crippen LogP contribution in [0.15, 0.2) is 35.3 Å². The van der Waals surface area contributed by atoms with Gasteiger partial charge in [-0.2, -0.15) is 18.3 Å². The van der Waals surface area contributed by atoms with Gasteiger partial charge in [0.2, 0.25) is 5.69 Å². The quantitative estimate of drug-likeness (QED) is 0.883. The summed E-state index contributed by atoms with van der Waals surface area (Å²) in [6.07, 6.45) is -3.85. The number of carboxylic acid groups (broad SMARTS) is 1. The van der Waals surface area contributed by atoms with Crippen LogP contribution in [0.1, 0.15) is 29.9 Å². The summed E-state index contributed by atoms with van der Waals surface area (Å²) < 4.78 is 38.5. The summed E-state index contributed by atoms with van der Waals surface area (Å²) in [6, 6.07) is 3.85. The van der Waals surface area contributed by atoms with Crippen molar-refractivity contribution in [2.24, 2.45) is 0 Å². The number of carboxylic acids is 1. The molecule has 2 rings (SSSR count). The van der Waals surface area contributed by atoms with E-state index in [2.05, 4.69) is 5.10 Å². The van der Waals surface area contributed by atoms with Gasteiger partial charge in [-0.1, -0.05) is 19.9 Å². The zero-order chi connectivity index (χ0) is 17.8. The number of aromatic nitrogens is 2. The molecule has 9 heteroatoms. The highest BCUT2D eigenvalue weighted by Gasteiger charge is 2.30. The van der Waals surface area contributed by atoms with Crippen LogP contribution in [0.3, 0.4) is 0 Å². The topological polar surface area (TPSA) is 92.4 Å². The van der Waals surface area contributed by atoms with Gasteiger partial charge in [-0.3, -0.25) is 4.79 Å². The fourth-order valence-electron chi connectivity index (χ4n) is 1.57. The van der Waals surface area contributed by atoms with E-state index in [-0.39, 0.29) is 5.69 Å². The first kappa shape index (κ1) is 18.2. The average molecular weight is 330 g/mol. The molecule has 0 aliphatic heterocycles. The Morgan fingerprint density at radius 2 is 1.87 bits per heavy atom. The van der Waals surface area contributed by atoms with Crippen molar-refractivity contribution in [2.45, 2.75) is 20.0 Å². The molecule has 0 bridgehead atoms. The van der Waals surface area contributed by atoms with Crippen molar-refractivity contribution in [3.8, 4) is 11.4 Å². The number of hydrogen-bond donors (Lipinski definition) is 2. The molecule has 6 nitrogen and oxygen atoms in total. The highest BCUT2D eigenvalue weighted by Crippen LogP contribution is 2.30. The largest absolute Gasteiger partial charge is 0.503 e. The molecule has 0 saturated carbocycles. The summed E-state index contributed by atoms with van der Waals surface area (Å²) in [5, 5.41) is 21.5. The molecule has 0 radical (unpaired) electrons. The molecular weight excluding hydrogens is 317 g/mol. The predicted molar refractivity (Wildman–Crippen MR) is 74.8 cm³/mol. The van der Waals surface area contributed by atoms with Crippen LogP contribution >= 0.6 is 0 Å². The lowest BCUT2D eigenvalue weighted by atomic mass is 10.2. The normalized spacial score (nSPS) is 10.7. The van der Waals surface area contributed by atoms with Crippen LogP contribution in [-0.2, 0) is 6.18 Å². The van der Waals surface area contributed by atoms with Gasteiger partial charge in [-0.15, -0.1) is 0 Å². The van der Waals surface area contributed by atoms with Crippen molar-refractivity contribution >= 4 is 5.97 Å². The average Bonchev–Trinajstić information content (AvgIpc) is 2.51. The SMILES string of the molecule is CC.O=C(O)c1nn(-c2cccc(C(F)(F)F)c2)cc(O)c1=O. The molecule has 0 aliphatic carbocycles. The number of hydrogen-bond acceptors (Lipinski definition) is 4. The Morgan fingerprint density at radius 3 is 2.39 bits per heavy atom. The summed E-state index contributed by atoms with van der Waals surface area (Å²) in [6.45, 7) is 4.00. The predicted octanol–water partition coefficient (Wildman–Crippen LogP) is 2.68. The highest BCUT2D eigenvalue weighted by molar-refractivity contribution is 5.85. The van der Waals surface area contributed by atoms with Gasteiger partial charge >= 0.3 is 12.1 Å². The smallest absolute Gasteiger partial charge is 0.416 e. The molecule has 0 spiro atoms. The fraction of sp³-hybridized carbons (Fsp3) is 0.214. The minimum absolute atomic E-state index is 0.150. The van der Waals surface area contributed by atoms with Crippen LogP contribution in [0, 0.1) is 0 Å². The maximum Gasteiger partial charge on any atom is 0.416 e. The third-order valence-electron chi connectivity index (χ3n) is 2.54. The number of nitrogens with zero attached hydrogens (tertiary/aromatic N) is 2. The molecule has 2 N–H and O–H groups in total. The third kappa shape index (κ3) is 4.09. The van der Waals surface area contributed by atoms with Crippen LogP contribution in [0.25, 0.3) is 5.69 Å². The molecule has 2 aromatic rings. The highest BCUT2D eigenvalue weighted by atomic mass is 19.4. The van der Waals surface area contributed by atoms with Crippen molar-refractivity contribution in [3.63, 3.8) is 0 Å². The molecule has 0 unspecified atom stereocenters. The number of aromatic carboxylic acids is 1. The van der Waals surface area contributed by atoms with Crippen LogP contribution in [-0.4, -0.2) is 26.0 Å².